The fourth-order valence-electron chi connectivity index (χ4n) is 6.36. The maximum absolute atomic E-state index is 10.9. The van der Waals surface area contributed by atoms with Crippen molar-refractivity contribution in [1.29, 1.82) is 0 Å². The molecule has 0 amide bonds. The van der Waals surface area contributed by atoms with E-state index in [-0.39, 0.29) is 12.3 Å². The molecule has 0 aromatic heterocycles. The molecule has 1 heterocycles. The Morgan fingerprint density at radius 1 is 0.957 bits per heavy atom. The van der Waals surface area contributed by atoms with Crippen LogP contribution in [0.2, 0.25) is 0 Å². The lowest BCUT2D eigenvalue weighted by atomic mass is 9.53. The van der Waals surface area contributed by atoms with E-state index in [1.54, 1.807) is 0 Å². The number of carboxylic acids is 1. The highest BCUT2D eigenvalue weighted by atomic mass is 17.3. The summed E-state index contributed by atoms with van der Waals surface area (Å²) in [6.45, 7) is 0. The Kier molecular flexibility index (Phi) is 3.14. The van der Waals surface area contributed by atoms with E-state index in [1.807, 2.05) is 0 Å². The van der Waals surface area contributed by atoms with Gasteiger partial charge in [-0.2, -0.15) is 9.78 Å². The lowest BCUT2D eigenvalue weighted by Crippen LogP contribution is -2.59. The molecular formula is C18H26O5. The van der Waals surface area contributed by atoms with Gasteiger partial charge in [0.2, 0.25) is 11.6 Å². The Hall–Kier alpha value is -0.650. The normalized spacial score (nSPS) is 54.2. The topological polar surface area (TPSA) is 65.0 Å². The van der Waals surface area contributed by atoms with Gasteiger partial charge in [-0.1, -0.05) is 0 Å². The maximum atomic E-state index is 10.9. The molecular weight excluding hydrogens is 296 g/mol. The quantitative estimate of drug-likeness (QED) is 0.789. The molecule has 6 aliphatic rings. The van der Waals surface area contributed by atoms with Crippen LogP contribution in [0.1, 0.15) is 64.2 Å². The second-order valence-corrected chi connectivity index (χ2v) is 8.75. The van der Waals surface area contributed by atoms with E-state index in [0.29, 0.717) is 11.8 Å². The molecule has 0 aromatic carbocycles. The van der Waals surface area contributed by atoms with Crippen molar-refractivity contribution in [3.63, 3.8) is 0 Å². The van der Waals surface area contributed by atoms with Crippen molar-refractivity contribution in [1.82, 2.24) is 0 Å². The predicted octanol–water partition coefficient (Wildman–Crippen LogP) is 3.48. The van der Waals surface area contributed by atoms with Crippen molar-refractivity contribution in [2.75, 3.05) is 0 Å². The van der Waals surface area contributed by atoms with Crippen LogP contribution in [-0.2, 0) is 19.3 Å². The minimum atomic E-state index is -0.701. The first kappa shape index (κ1) is 14.7. The lowest BCUT2D eigenvalue weighted by molar-refractivity contribution is -0.390. The lowest BCUT2D eigenvalue weighted by Gasteiger charge is -2.57. The number of rotatable bonds is 2. The Balaban J connectivity index is 1.31. The number of carboxylic acid groups (broad SMARTS) is 1. The Morgan fingerprint density at radius 2 is 1.57 bits per heavy atom. The number of ether oxygens (including phenoxy) is 1. The fraction of sp³-hybridized carbons (Fsp3) is 0.944. The largest absolute Gasteiger partial charge is 0.481 e. The van der Waals surface area contributed by atoms with Crippen LogP contribution in [-0.4, -0.2) is 22.7 Å². The highest BCUT2D eigenvalue weighted by Gasteiger charge is 2.66. The summed E-state index contributed by atoms with van der Waals surface area (Å²) in [4.78, 5) is 22.7. The molecule has 5 aliphatic carbocycles. The van der Waals surface area contributed by atoms with E-state index in [1.165, 1.54) is 32.1 Å². The number of aliphatic carboxylic acids is 1. The van der Waals surface area contributed by atoms with E-state index < -0.39 is 17.5 Å². The summed E-state index contributed by atoms with van der Waals surface area (Å²) >= 11 is 0. The second kappa shape index (κ2) is 4.93. The monoisotopic (exact) mass is 322 g/mol. The highest BCUT2D eigenvalue weighted by molar-refractivity contribution is 5.67. The van der Waals surface area contributed by atoms with Crippen molar-refractivity contribution in [2.24, 2.45) is 29.6 Å². The fourth-order valence-corrected chi connectivity index (χ4v) is 6.36. The van der Waals surface area contributed by atoms with Gasteiger partial charge in [0.25, 0.3) is 0 Å². The Labute approximate surface area is 136 Å². The molecule has 0 radical (unpaired) electrons. The minimum absolute atomic E-state index is 0.250. The smallest absolute Gasteiger partial charge is 0.303 e. The van der Waals surface area contributed by atoms with Gasteiger partial charge in [-0.3, -0.25) is 4.79 Å². The summed E-state index contributed by atoms with van der Waals surface area (Å²) in [5.41, 5.74) is 0. The average Bonchev–Trinajstić information content (AvgIpc) is 2.87. The van der Waals surface area contributed by atoms with Crippen LogP contribution >= 0.6 is 0 Å². The molecule has 1 saturated heterocycles. The molecule has 23 heavy (non-hydrogen) atoms. The molecule has 1 aliphatic heterocycles. The number of carbonyl (C=O) groups is 1. The van der Waals surface area contributed by atoms with Crippen molar-refractivity contribution in [3.05, 3.63) is 0 Å². The van der Waals surface area contributed by atoms with Gasteiger partial charge in [-0.05, 0) is 62.7 Å². The van der Waals surface area contributed by atoms with E-state index in [4.69, 9.17) is 19.6 Å². The standard InChI is InChI=1S/C18H26O5/c19-16(20)10-11-1-3-17(4-2-11)21-18(23-22-17)14-6-12-5-13(8-14)9-15(18)7-12/h11-15H,1-10H2,(H,19,20). The van der Waals surface area contributed by atoms with Crippen LogP contribution in [0.3, 0.4) is 0 Å². The van der Waals surface area contributed by atoms with Crippen molar-refractivity contribution < 1.29 is 24.4 Å². The zero-order valence-electron chi connectivity index (χ0n) is 13.5. The summed E-state index contributed by atoms with van der Waals surface area (Å²) in [6.07, 6.45) is 9.82. The molecule has 2 spiro atoms. The van der Waals surface area contributed by atoms with Gasteiger partial charge in [0.15, 0.2) is 0 Å². The van der Waals surface area contributed by atoms with E-state index in [9.17, 15) is 4.79 Å². The van der Waals surface area contributed by atoms with Gasteiger partial charge in [0, 0.05) is 31.1 Å². The van der Waals surface area contributed by atoms with Gasteiger partial charge >= 0.3 is 5.97 Å². The van der Waals surface area contributed by atoms with Crippen LogP contribution in [0.5, 0.6) is 0 Å². The van der Waals surface area contributed by atoms with Crippen LogP contribution in [0.4, 0.5) is 0 Å². The molecule has 128 valence electrons. The van der Waals surface area contributed by atoms with Gasteiger partial charge in [-0.25, -0.2) is 0 Å². The zero-order chi connectivity index (χ0) is 15.7. The van der Waals surface area contributed by atoms with Gasteiger partial charge < -0.3 is 9.84 Å². The Bertz CT molecular complexity index is 480. The number of hydrogen-bond donors (Lipinski definition) is 1. The van der Waals surface area contributed by atoms with Crippen molar-refractivity contribution in [2.45, 2.75) is 75.8 Å². The van der Waals surface area contributed by atoms with Gasteiger partial charge in [0.1, 0.15) is 0 Å². The van der Waals surface area contributed by atoms with E-state index in [2.05, 4.69) is 0 Å². The zero-order valence-corrected chi connectivity index (χ0v) is 13.5. The summed E-state index contributed by atoms with van der Waals surface area (Å²) < 4.78 is 6.62. The molecule has 4 bridgehead atoms. The third-order valence-electron chi connectivity index (χ3n) is 7.28. The molecule has 0 atom stereocenters. The van der Waals surface area contributed by atoms with Crippen LogP contribution in [0, 0.1) is 29.6 Å². The maximum Gasteiger partial charge on any atom is 0.303 e. The molecule has 6 fully saturated rings. The van der Waals surface area contributed by atoms with E-state index >= 15 is 0 Å². The molecule has 1 N–H and O–H groups in total. The van der Waals surface area contributed by atoms with E-state index in [0.717, 1.165) is 37.5 Å². The number of hydrogen-bond acceptors (Lipinski definition) is 4. The first-order valence-electron chi connectivity index (χ1n) is 9.36. The summed E-state index contributed by atoms with van der Waals surface area (Å²) in [5, 5.41) is 8.97. The minimum Gasteiger partial charge on any atom is -0.481 e. The van der Waals surface area contributed by atoms with Crippen LogP contribution in [0.25, 0.3) is 0 Å². The van der Waals surface area contributed by atoms with Crippen LogP contribution < -0.4 is 0 Å². The first-order chi connectivity index (χ1) is 11.1. The summed E-state index contributed by atoms with van der Waals surface area (Å²) in [6, 6.07) is 0. The van der Waals surface area contributed by atoms with Crippen molar-refractivity contribution >= 4 is 5.97 Å². The Morgan fingerprint density at radius 3 is 2.13 bits per heavy atom. The van der Waals surface area contributed by atoms with Gasteiger partial charge in [-0.15, -0.1) is 0 Å². The molecule has 6 rings (SSSR count). The second-order valence-electron chi connectivity index (χ2n) is 8.75. The average molecular weight is 322 g/mol. The molecule has 0 unspecified atom stereocenters. The van der Waals surface area contributed by atoms with Crippen molar-refractivity contribution in [3.8, 4) is 0 Å². The molecule has 5 heteroatoms. The molecule has 5 nitrogen and oxygen atoms in total. The van der Waals surface area contributed by atoms with Crippen LogP contribution in [0.15, 0.2) is 0 Å². The summed E-state index contributed by atoms with van der Waals surface area (Å²) in [7, 11) is 0. The predicted molar refractivity (Wildman–Crippen MR) is 80.0 cm³/mol. The third kappa shape index (κ3) is 2.19. The SMILES string of the molecule is O=C(O)CC1CCC2(CC1)OOC1(O2)C2CC3CC(C2)CC1C3. The highest BCUT2D eigenvalue weighted by Crippen LogP contribution is 2.63. The molecule has 0 aromatic rings. The first-order valence-corrected chi connectivity index (χ1v) is 9.36. The third-order valence-corrected chi connectivity index (χ3v) is 7.28. The van der Waals surface area contributed by atoms with Gasteiger partial charge in [0.05, 0.1) is 0 Å². The molecule has 5 saturated carbocycles. The summed E-state index contributed by atoms with van der Waals surface area (Å²) in [5.74, 6) is 1.19.